The zero-order valence-corrected chi connectivity index (χ0v) is 18.0. The molecule has 0 aliphatic heterocycles. The number of rotatable bonds is 6. The summed E-state index contributed by atoms with van der Waals surface area (Å²) < 4.78 is 50.6. The van der Waals surface area contributed by atoms with E-state index < -0.39 is 22.5 Å². The summed E-state index contributed by atoms with van der Waals surface area (Å²) in [5.74, 6) is 1.29. The minimum Gasteiger partial charge on any atom is -0.259 e. The fourth-order valence-electron chi connectivity index (χ4n) is 3.10. The molecule has 28 heavy (non-hydrogen) atoms. The predicted molar refractivity (Wildman–Crippen MR) is 112 cm³/mol. The summed E-state index contributed by atoms with van der Waals surface area (Å²) in [5, 5.41) is 0. The summed E-state index contributed by atoms with van der Waals surface area (Å²) >= 11 is 0. The van der Waals surface area contributed by atoms with Crippen LogP contribution in [-0.2, 0) is 17.0 Å². The molecule has 0 saturated heterocycles. The van der Waals surface area contributed by atoms with Gasteiger partial charge < -0.3 is 0 Å². The van der Waals surface area contributed by atoms with E-state index >= 15 is 0 Å². The molecule has 0 radical (unpaired) electrons. The Kier molecular flexibility index (Phi) is 7.13. The Labute approximate surface area is 168 Å². The molecule has 0 aromatic heterocycles. The summed E-state index contributed by atoms with van der Waals surface area (Å²) in [4.78, 5) is 0. The molecule has 0 spiro atoms. The largest absolute Gasteiger partial charge is 0.416 e. The van der Waals surface area contributed by atoms with Crippen molar-refractivity contribution in [2.75, 3.05) is 5.75 Å². The lowest BCUT2D eigenvalue weighted by atomic mass is 9.90. The SMILES string of the molecule is CC(C)C[C@@H](C[S@](=O)C(C)(C)C)c1ccc(-c2ccc(C(F)(F)F)cc2)cc1. The zero-order valence-electron chi connectivity index (χ0n) is 17.1. The second kappa shape index (κ2) is 8.81. The van der Waals surface area contributed by atoms with Gasteiger partial charge in [-0.3, -0.25) is 4.21 Å². The molecule has 0 fully saturated rings. The highest BCUT2D eigenvalue weighted by Crippen LogP contribution is 2.32. The standard InChI is InChI=1S/C23H29F3OS/c1-16(2)14-20(15-28(27)22(3,4)5)19-8-6-17(7-9-19)18-10-12-21(13-11-18)23(24,25)26/h6-13,16,20H,14-15H2,1-5H3/t20-,28-/m0/s1. The topological polar surface area (TPSA) is 17.1 Å². The Hall–Kier alpha value is -1.62. The average molecular weight is 411 g/mol. The van der Waals surface area contributed by atoms with Crippen LogP contribution in [0.3, 0.4) is 0 Å². The molecule has 0 aliphatic rings. The smallest absolute Gasteiger partial charge is 0.259 e. The van der Waals surface area contributed by atoms with E-state index in [1.807, 2.05) is 45.0 Å². The fourth-order valence-corrected chi connectivity index (χ4v) is 4.30. The van der Waals surface area contributed by atoms with Gasteiger partial charge in [-0.05, 0) is 67.9 Å². The Morgan fingerprint density at radius 3 is 1.71 bits per heavy atom. The number of hydrogen-bond donors (Lipinski definition) is 0. The minimum atomic E-state index is -4.32. The first-order valence-corrected chi connectivity index (χ1v) is 10.9. The third-order valence-electron chi connectivity index (χ3n) is 4.72. The zero-order chi connectivity index (χ0) is 21.1. The first-order chi connectivity index (χ1) is 12.9. The van der Waals surface area contributed by atoms with Crippen LogP contribution in [0.2, 0.25) is 0 Å². The molecule has 2 aromatic rings. The van der Waals surface area contributed by atoms with Gasteiger partial charge in [0.2, 0.25) is 0 Å². The van der Waals surface area contributed by atoms with Crippen molar-refractivity contribution >= 4 is 10.8 Å². The van der Waals surface area contributed by atoms with Crippen molar-refractivity contribution in [1.82, 2.24) is 0 Å². The molecule has 1 nitrogen and oxygen atoms in total. The van der Waals surface area contributed by atoms with Gasteiger partial charge in [0.15, 0.2) is 0 Å². The van der Waals surface area contributed by atoms with Gasteiger partial charge in [0, 0.05) is 21.3 Å². The summed E-state index contributed by atoms with van der Waals surface area (Å²) in [6.45, 7) is 10.3. The van der Waals surface area contributed by atoms with E-state index in [9.17, 15) is 17.4 Å². The summed E-state index contributed by atoms with van der Waals surface area (Å²) in [7, 11) is -0.943. The second-order valence-electron chi connectivity index (χ2n) is 8.65. The molecule has 0 amide bonds. The molecule has 2 atom stereocenters. The van der Waals surface area contributed by atoms with Crippen LogP contribution >= 0.6 is 0 Å². The van der Waals surface area contributed by atoms with E-state index in [4.69, 9.17) is 0 Å². The molecule has 0 bridgehead atoms. The predicted octanol–water partition coefficient (Wildman–Crippen LogP) is 7.05. The number of alkyl halides is 3. The van der Waals surface area contributed by atoms with Crippen molar-refractivity contribution in [3.05, 3.63) is 59.7 Å². The van der Waals surface area contributed by atoms with Crippen molar-refractivity contribution in [2.24, 2.45) is 5.92 Å². The van der Waals surface area contributed by atoms with Crippen LogP contribution in [0.15, 0.2) is 48.5 Å². The van der Waals surface area contributed by atoms with Crippen LogP contribution in [0.5, 0.6) is 0 Å². The lowest BCUT2D eigenvalue weighted by Gasteiger charge is -2.24. The number of halogens is 3. The third-order valence-corrected chi connectivity index (χ3v) is 6.79. The van der Waals surface area contributed by atoms with Gasteiger partial charge in [0.05, 0.1) is 5.56 Å². The summed E-state index contributed by atoms with van der Waals surface area (Å²) in [5.41, 5.74) is 2.10. The molecular formula is C23H29F3OS. The summed E-state index contributed by atoms with van der Waals surface area (Å²) in [6.07, 6.45) is -3.38. The molecular weight excluding hydrogens is 381 g/mol. The lowest BCUT2D eigenvalue weighted by Crippen LogP contribution is -2.27. The van der Waals surface area contributed by atoms with Gasteiger partial charge in [-0.15, -0.1) is 0 Å². The first-order valence-electron chi connectivity index (χ1n) is 9.54. The second-order valence-corrected chi connectivity index (χ2v) is 10.9. The lowest BCUT2D eigenvalue weighted by molar-refractivity contribution is -0.137. The monoisotopic (exact) mass is 410 g/mol. The van der Waals surface area contributed by atoms with Gasteiger partial charge in [0.25, 0.3) is 0 Å². The maximum atomic E-state index is 12.7. The molecule has 0 N–H and O–H groups in total. The number of hydrogen-bond acceptors (Lipinski definition) is 1. The Balaban J connectivity index is 2.23. The van der Waals surface area contributed by atoms with E-state index in [0.717, 1.165) is 35.2 Å². The number of benzene rings is 2. The van der Waals surface area contributed by atoms with E-state index in [1.165, 1.54) is 12.1 Å². The highest BCUT2D eigenvalue weighted by Gasteiger charge is 2.30. The van der Waals surface area contributed by atoms with Crippen LogP contribution in [0, 0.1) is 5.92 Å². The van der Waals surface area contributed by atoms with Crippen LogP contribution in [0.25, 0.3) is 11.1 Å². The van der Waals surface area contributed by atoms with E-state index in [2.05, 4.69) is 13.8 Å². The molecule has 5 heteroatoms. The van der Waals surface area contributed by atoms with Gasteiger partial charge in [-0.2, -0.15) is 13.2 Å². The van der Waals surface area contributed by atoms with E-state index in [1.54, 1.807) is 0 Å². The van der Waals surface area contributed by atoms with Crippen molar-refractivity contribution in [2.45, 2.75) is 57.9 Å². The maximum absolute atomic E-state index is 12.7. The molecule has 0 unspecified atom stereocenters. The Bertz CT molecular complexity index is 785. The van der Waals surface area contributed by atoms with Crippen LogP contribution in [0.1, 0.15) is 58.1 Å². The molecule has 0 heterocycles. The van der Waals surface area contributed by atoms with E-state index in [0.29, 0.717) is 11.7 Å². The van der Waals surface area contributed by atoms with Crippen molar-refractivity contribution < 1.29 is 17.4 Å². The highest BCUT2D eigenvalue weighted by atomic mass is 32.2. The molecule has 0 saturated carbocycles. The molecule has 0 aliphatic carbocycles. The van der Waals surface area contributed by atoms with Crippen LogP contribution in [-0.4, -0.2) is 14.7 Å². The first kappa shape index (κ1) is 22.7. The molecule has 154 valence electrons. The fraction of sp³-hybridized carbons (Fsp3) is 0.478. The Morgan fingerprint density at radius 1 is 0.857 bits per heavy atom. The molecule has 2 rings (SSSR count). The van der Waals surface area contributed by atoms with Gasteiger partial charge in [-0.25, -0.2) is 0 Å². The van der Waals surface area contributed by atoms with Gasteiger partial charge >= 0.3 is 6.18 Å². The normalized spacial score (nSPS) is 14.9. The van der Waals surface area contributed by atoms with E-state index in [-0.39, 0.29) is 10.7 Å². The van der Waals surface area contributed by atoms with Gasteiger partial charge in [0.1, 0.15) is 0 Å². The summed E-state index contributed by atoms with van der Waals surface area (Å²) in [6, 6.07) is 13.1. The van der Waals surface area contributed by atoms with Crippen LogP contribution in [0.4, 0.5) is 13.2 Å². The van der Waals surface area contributed by atoms with Crippen molar-refractivity contribution in [3.8, 4) is 11.1 Å². The average Bonchev–Trinajstić information content (AvgIpc) is 2.59. The molecule has 2 aromatic carbocycles. The van der Waals surface area contributed by atoms with Crippen molar-refractivity contribution in [1.29, 1.82) is 0 Å². The highest BCUT2D eigenvalue weighted by molar-refractivity contribution is 7.86. The minimum absolute atomic E-state index is 0.196. The van der Waals surface area contributed by atoms with Gasteiger partial charge in [-0.1, -0.05) is 50.2 Å². The van der Waals surface area contributed by atoms with Crippen molar-refractivity contribution in [3.63, 3.8) is 0 Å². The quantitative estimate of drug-likeness (QED) is 0.499. The third kappa shape index (κ3) is 6.20. The van der Waals surface area contributed by atoms with Crippen LogP contribution < -0.4 is 0 Å². The maximum Gasteiger partial charge on any atom is 0.416 e. The Morgan fingerprint density at radius 2 is 1.32 bits per heavy atom.